The molecule has 2 heteroatoms. The van der Waals surface area contributed by atoms with Gasteiger partial charge in [0, 0.05) is 18.6 Å². The van der Waals surface area contributed by atoms with Crippen LogP contribution in [0.1, 0.15) is 38.3 Å². The summed E-state index contributed by atoms with van der Waals surface area (Å²) < 4.78 is 0. The Kier molecular flexibility index (Phi) is 6.37. The van der Waals surface area contributed by atoms with E-state index in [1.54, 1.807) is 0 Å². The van der Waals surface area contributed by atoms with Gasteiger partial charge in [0.05, 0.1) is 0 Å². The zero-order valence-electron chi connectivity index (χ0n) is 12.3. The molecule has 0 heterocycles. The maximum atomic E-state index is 3.48. The largest absolute Gasteiger partial charge is 0.315 e. The molecule has 1 aromatic carbocycles. The van der Waals surface area contributed by atoms with E-state index in [-0.39, 0.29) is 5.54 Å². The zero-order valence-corrected chi connectivity index (χ0v) is 12.3. The van der Waals surface area contributed by atoms with Crippen LogP contribution in [0.2, 0.25) is 0 Å². The molecule has 18 heavy (non-hydrogen) atoms. The number of benzene rings is 1. The van der Waals surface area contributed by atoms with Gasteiger partial charge in [0.2, 0.25) is 0 Å². The van der Waals surface area contributed by atoms with Crippen molar-refractivity contribution in [1.82, 2.24) is 10.6 Å². The van der Waals surface area contributed by atoms with Crippen molar-refractivity contribution in [3.63, 3.8) is 0 Å². The molecular formula is C16H28N2. The van der Waals surface area contributed by atoms with Gasteiger partial charge < -0.3 is 10.6 Å². The predicted octanol–water partition coefficient (Wildman–Crippen LogP) is 2.91. The number of hydrogen-bond acceptors (Lipinski definition) is 2. The first-order valence-corrected chi connectivity index (χ1v) is 6.99. The topological polar surface area (TPSA) is 24.1 Å². The molecule has 0 atom stereocenters. The van der Waals surface area contributed by atoms with E-state index in [1.807, 2.05) is 0 Å². The van der Waals surface area contributed by atoms with Gasteiger partial charge in [0.15, 0.2) is 0 Å². The van der Waals surface area contributed by atoms with Crippen molar-refractivity contribution in [3.05, 3.63) is 35.4 Å². The Morgan fingerprint density at radius 1 is 0.944 bits per heavy atom. The van der Waals surface area contributed by atoms with Crippen molar-refractivity contribution in [3.8, 4) is 0 Å². The van der Waals surface area contributed by atoms with E-state index in [0.717, 1.165) is 19.6 Å². The van der Waals surface area contributed by atoms with E-state index < -0.39 is 0 Å². The van der Waals surface area contributed by atoms with Gasteiger partial charge in [-0.2, -0.15) is 0 Å². The lowest BCUT2D eigenvalue weighted by molar-refractivity contribution is 0.421. The van der Waals surface area contributed by atoms with Gasteiger partial charge in [-0.1, -0.05) is 29.8 Å². The molecule has 0 saturated carbocycles. The second kappa shape index (κ2) is 7.55. The second-order valence-electron chi connectivity index (χ2n) is 6.02. The summed E-state index contributed by atoms with van der Waals surface area (Å²) in [6.07, 6.45) is 2.37. The van der Waals surface area contributed by atoms with Crippen LogP contribution < -0.4 is 10.6 Å². The van der Waals surface area contributed by atoms with Crippen LogP contribution >= 0.6 is 0 Å². The van der Waals surface area contributed by atoms with Crippen molar-refractivity contribution in [2.75, 3.05) is 19.6 Å². The average Bonchev–Trinajstić information content (AvgIpc) is 2.29. The molecule has 1 rings (SSSR count). The highest BCUT2D eigenvalue weighted by atomic mass is 15.0. The molecule has 0 aliphatic rings. The fraction of sp³-hybridized carbons (Fsp3) is 0.625. The molecule has 0 unspecified atom stereocenters. The summed E-state index contributed by atoms with van der Waals surface area (Å²) in [6, 6.07) is 8.85. The van der Waals surface area contributed by atoms with E-state index in [4.69, 9.17) is 0 Å². The molecule has 102 valence electrons. The number of hydrogen-bond donors (Lipinski definition) is 2. The fourth-order valence-corrected chi connectivity index (χ4v) is 1.82. The fourth-order valence-electron chi connectivity index (χ4n) is 1.82. The molecule has 2 nitrogen and oxygen atoms in total. The highest BCUT2D eigenvalue weighted by molar-refractivity contribution is 5.21. The first kappa shape index (κ1) is 15.2. The van der Waals surface area contributed by atoms with Crippen LogP contribution in [0.5, 0.6) is 0 Å². The van der Waals surface area contributed by atoms with Crippen molar-refractivity contribution >= 4 is 0 Å². The first-order valence-electron chi connectivity index (χ1n) is 6.99. The lowest BCUT2D eigenvalue weighted by Crippen LogP contribution is -2.40. The zero-order chi connectivity index (χ0) is 13.4. The summed E-state index contributed by atoms with van der Waals surface area (Å²) in [4.78, 5) is 0. The Hall–Kier alpha value is -0.860. The van der Waals surface area contributed by atoms with E-state index in [0.29, 0.717) is 0 Å². The quantitative estimate of drug-likeness (QED) is 0.725. The summed E-state index contributed by atoms with van der Waals surface area (Å²) in [5.74, 6) is 0. The van der Waals surface area contributed by atoms with Crippen molar-refractivity contribution in [2.45, 2.75) is 46.1 Å². The third-order valence-corrected chi connectivity index (χ3v) is 2.90. The second-order valence-corrected chi connectivity index (χ2v) is 6.02. The average molecular weight is 248 g/mol. The molecule has 1 aromatic rings. The minimum Gasteiger partial charge on any atom is -0.315 e. The van der Waals surface area contributed by atoms with Crippen LogP contribution in [-0.4, -0.2) is 25.2 Å². The maximum Gasteiger partial charge on any atom is 0.00970 e. The van der Waals surface area contributed by atoms with Gasteiger partial charge in [0.1, 0.15) is 0 Å². The SMILES string of the molecule is Cc1ccc(CCCNCCNC(C)(C)C)cc1. The Labute approximate surface area is 112 Å². The molecule has 2 N–H and O–H groups in total. The highest BCUT2D eigenvalue weighted by Gasteiger charge is 2.06. The van der Waals surface area contributed by atoms with Gasteiger partial charge in [-0.15, -0.1) is 0 Å². The van der Waals surface area contributed by atoms with Crippen LogP contribution in [0.25, 0.3) is 0 Å². The third kappa shape index (κ3) is 7.46. The first-order chi connectivity index (χ1) is 8.47. The smallest absolute Gasteiger partial charge is 0.00970 e. The minimum atomic E-state index is 0.226. The van der Waals surface area contributed by atoms with Crippen molar-refractivity contribution in [2.24, 2.45) is 0 Å². The Bertz CT molecular complexity index is 322. The summed E-state index contributed by atoms with van der Waals surface area (Å²) in [6.45, 7) is 11.9. The van der Waals surface area contributed by atoms with Crippen molar-refractivity contribution < 1.29 is 0 Å². The van der Waals surface area contributed by atoms with Crippen LogP contribution in [0.3, 0.4) is 0 Å². The third-order valence-electron chi connectivity index (χ3n) is 2.90. The molecule has 0 amide bonds. The van der Waals surface area contributed by atoms with Gasteiger partial charge in [-0.25, -0.2) is 0 Å². The van der Waals surface area contributed by atoms with Gasteiger partial charge in [-0.05, 0) is 52.6 Å². The molecule has 0 bridgehead atoms. The van der Waals surface area contributed by atoms with Gasteiger partial charge in [0.25, 0.3) is 0 Å². The lowest BCUT2D eigenvalue weighted by Gasteiger charge is -2.20. The Balaban J connectivity index is 2.00. The summed E-state index contributed by atoms with van der Waals surface area (Å²) in [5.41, 5.74) is 3.00. The Morgan fingerprint density at radius 2 is 1.61 bits per heavy atom. The highest BCUT2D eigenvalue weighted by Crippen LogP contribution is 2.05. The molecule has 0 aliphatic carbocycles. The monoisotopic (exact) mass is 248 g/mol. The van der Waals surface area contributed by atoms with Gasteiger partial charge >= 0.3 is 0 Å². The number of nitrogens with one attached hydrogen (secondary N) is 2. The van der Waals surface area contributed by atoms with E-state index >= 15 is 0 Å². The van der Waals surface area contributed by atoms with Crippen LogP contribution in [0.15, 0.2) is 24.3 Å². The van der Waals surface area contributed by atoms with Crippen LogP contribution in [0.4, 0.5) is 0 Å². The maximum absolute atomic E-state index is 3.48. The number of rotatable bonds is 7. The Morgan fingerprint density at radius 3 is 2.22 bits per heavy atom. The van der Waals surface area contributed by atoms with E-state index in [9.17, 15) is 0 Å². The summed E-state index contributed by atoms with van der Waals surface area (Å²) in [7, 11) is 0. The van der Waals surface area contributed by atoms with Crippen molar-refractivity contribution in [1.29, 1.82) is 0 Å². The van der Waals surface area contributed by atoms with Crippen LogP contribution in [-0.2, 0) is 6.42 Å². The normalized spacial score (nSPS) is 11.8. The molecule has 0 aromatic heterocycles. The number of aryl methyl sites for hydroxylation is 2. The summed E-state index contributed by atoms with van der Waals surface area (Å²) >= 11 is 0. The molecule has 0 saturated heterocycles. The van der Waals surface area contributed by atoms with E-state index in [2.05, 4.69) is 62.6 Å². The summed E-state index contributed by atoms with van der Waals surface area (Å²) in [5, 5.41) is 6.95. The molecule has 0 radical (unpaired) electrons. The van der Waals surface area contributed by atoms with E-state index in [1.165, 1.54) is 24.0 Å². The predicted molar refractivity (Wildman–Crippen MR) is 80.1 cm³/mol. The lowest BCUT2D eigenvalue weighted by atomic mass is 10.1. The minimum absolute atomic E-state index is 0.226. The van der Waals surface area contributed by atoms with Gasteiger partial charge in [-0.3, -0.25) is 0 Å². The van der Waals surface area contributed by atoms with Crippen LogP contribution in [0, 0.1) is 6.92 Å². The molecule has 0 aliphatic heterocycles. The molecule has 0 fully saturated rings. The standard InChI is InChI=1S/C16H28N2/c1-14-7-9-15(10-8-14)6-5-11-17-12-13-18-16(2,3)4/h7-10,17-18H,5-6,11-13H2,1-4H3. The molecular weight excluding hydrogens is 220 g/mol. The molecule has 0 spiro atoms.